The number of halogens is 1. The van der Waals surface area contributed by atoms with Crippen LogP contribution in [0.1, 0.15) is 24.0 Å². The third kappa shape index (κ3) is 5.05. The summed E-state index contributed by atoms with van der Waals surface area (Å²) in [5.41, 5.74) is 3.57. The molecule has 0 aliphatic heterocycles. The van der Waals surface area contributed by atoms with Gasteiger partial charge in [-0.05, 0) is 38.5 Å². The second-order valence-corrected chi connectivity index (χ2v) is 7.47. The molecule has 7 nitrogen and oxygen atoms in total. The smallest absolute Gasteiger partial charge is 0.321 e. The first-order valence-electron chi connectivity index (χ1n) is 8.62. The molecule has 0 atom stereocenters. The largest absolute Gasteiger partial charge is 0.337 e. The molecule has 9 heteroatoms. The summed E-state index contributed by atoms with van der Waals surface area (Å²) in [6, 6.07) is 3.47. The monoisotopic (exact) mass is 404 g/mol. The average molecular weight is 405 g/mol. The molecule has 0 aliphatic rings. The van der Waals surface area contributed by atoms with E-state index in [4.69, 9.17) is 11.6 Å². The zero-order chi connectivity index (χ0) is 19.4. The maximum Gasteiger partial charge on any atom is 0.321 e. The van der Waals surface area contributed by atoms with E-state index in [9.17, 15) is 4.79 Å². The van der Waals surface area contributed by atoms with Crippen molar-refractivity contribution in [3.05, 3.63) is 46.9 Å². The van der Waals surface area contributed by atoms with Crippen molar-refractivity contribution in [2.45, 2.75) is 33.7 Å². The fraction of sp³-hybridized carbons (Fsp3) is 0.333. The van der Waals surface area contributed by atoms with Gasteiger partial charge in [-0.3, -0.25) is 5.32 Å². The van der Waals surface area contributed by atoms with Gasteiger partial charge in [0.1, 0.15) is 5.15 Å². The first-order chi connectivity index (χ1) is 12.9. The number of hydrogen-bond acceptors (Lipinski definition) is 5. The lowest BCUT2D eigenvalue weighted by Crippen LogP contribution is -2.30. The van der Waals surface area contributed by atoms with Gasteiger partial charge in [0.2, 0.25) is 0 Å². The molecule has 0 fully saturated rings. The van der Waals surface area contributed by atoms with Crippen LogP contribution in [0.5, 0.6) is 0 Å². The summed E-state index contributed by atoms with van der Waals surface area (Å²) >= 11 is 7.46. The van der Waals surface area contributed by atoms with E-state index in [-0.39, 0.29) is 6.03 Å². The Kier molecular flexibility index (Phi) is 6.08. The number of imidazole rings is 1. The molecule has 2 amide bonds. The second-order valence-electron chi connectivity index (χ2n) is 6.08. The minimum Gasteiger partial charge on any atom is -0.337 e. The van der Waals surface area contributed by atoms with E-state index < -0.39 is 0 Å². The van der Waals surface area contributed by atoms with Gasteiger partial charge in [0.05, 0.1) is 22.6 Å². The van der Waals surface area contributed by atoms with Crippen LogP contribution in [-0.4, -0.2) is 32.1 Å². The number of aryl methyl sites for hydroxylation is 3. The van der Waals surface area contributed by atoms with Gasteiger partial charge in [-0.1, -0.05) is 22.9 Å². The SMILES string of the molecule is CCn1cnc(CCNC(=O)Nc2nc(C)c(-c3cc(C)nc(Cl)c3)s2)c1. The summed E-state index contributed by atoms with van der Waals surface area (Å²) in [6.07, 6.45) is 4.46. The van der Waals surface area contributed by atoms with Crippen LogP contribution < -0.4 is 10.6 Å². The molecule has 2 N–H and O–H groups in total. The lowest BCUT2D eigenvalue weighted by Gasteiger charge is -2.04. The molecule has 0 saturated heterocycles. The van der Waals surface area contributed by atoms with Crippen molar-refractivity contribution in [2.75, 3.05) is 11.9 Å². The topological polar surface area (TPSA) is 84.7 Å². The Labute approximate surface area is 166 Å². The maximum absolute atomic E-state index is 12.1. The number of nitrogens with zero attached hydrogens (tertiary/aromatic N) is 4. The van der Waals surface area contributed by atoms with E-state index in [0.29, 0.717) is 23.3 Å². The van der Waals surface area contributed by atoms with Crippen molar-refractivity contribution in [1.29, 1.82) is 0 Å². The normalized spacial score (nSPS) is 10.8. The molecule has 0 spiro atoms. The van der Waals surface area contributed by atoms with Crippen LogP contribution in [0.25, 0.3) is 10.4 Å². The molecule has 3 heterocycles. The number of pyridine rings is 1. The number of carbonyl (C=O) groups is 1. The predicted octanol–water partition coefficient (Wildman–Crippen LogP) is 4.06. The third-order valence-corrected chi connectivity index (χ3v) is 5.24. The quantitative estimate of drug-likeness (QED) is 0.607. The molecular weight excluding hydrogens is 384 g/mol. The van der Waals surface area contributed by atoms with Gasteiger partial charge in [-0.15, -0.1) is 0 Å². The highest BCUT2D eigenvalue weighted by Crippen LogP contribution is 2.33. The summed E-state index contributed by atoms with van der Waals surface area (Å²) in [4.78, 5) is 26.0. The maximum atomic E-state index is 12.1. The lowest BCUT2D eigenvalue weighted by molar-refractivity contribution is 0.252. The fourth-order valence-electron chi connectivity index (χ4n) is 2.63. The Morgan fingerprint density at radius 2 is 2.11 bits per heavy atom. The fourth-order valence-corrected chi connectivity index (χ4v) is 3.83. The van der Waals surface area contributed by atoms with Crippen LogP contribution >= 0.6 is 22.9 Å². The van der Waals surface area contributed by atoms with Crippen molar-refractivity contribution in [3.8, 4) is 10.4 Å². The molecule has 0 bridgehead atoms. The molecule has 3 rings (SSSR count). The molecule has 0 radical (unpaired) electrons. The molecule has 0 aliphatic carbocycles. The standard InChI is InChI=1S/C18H21ClN6OS/c1-4-25-9-14(21-10-25)5-6-20-17(26)24-18-23-12(3)16(27-18)13-7-11(2)22-15(19)8-13/h7-10H,4-6H2,1-3H3,(H2,20,23,24,26). The Morgan fingerprint density at radius 3 is 2.81 bits per heavy atom. The van der Waals surface area contributed by atoms with Crippen LogP contribution in [-0.2, 0) is 13.0 Å². The highest BCUT2D eigenvalue weighted by atomic mass is 35.5. The minimum atomic E-state index is -0.283. The summed E-state index contributed by atoms with van der Waals surface area (Å²) in [5, 5.41) is 6.60. The molecule has 3 aromatic heterocycles. The highest BCUT2D eigenvalue weighted by molar-refractivity contribution is 7.19. The zero-order valence-corrected chi connectivity index (χ0v) is 17.0. The van der Waals surface area contributed by atoms with Gasteiger partial charge in [-0.2, -0.15) is 0 Å². The van der Waals surface area contributed by atoms with Gasteiger partial charge >= 0.3 is 6.03 Å². The van der Waals surface area contributed by atoms with E-state index in [1.54, 1.807) is 12.4 Å². The Bertz CT molecular complexity index is 931. The molecule has 142 valence electrons. The summed E-state index contributed by atoms with van der Waals surface area (Å²) < 4.78 is 2.00. The molecule has 0 aromatic carbocycles. The number of urea groups is 1. The Balaban J connectivity index is 1.58. The average Bonchev–Trinajstić information content (AvgIpc) is 3.20. The van der Waals surface area contributed by atoms with Crippen LogP contribution in [0.4, 0.5) is 9.93 Å². The van der Waals surface area contributed by atoms with Crippen LogP contribution in [0.15, 0.2) is 24.7 Å². The molecule has 0 unspecified atom stereocenters. The van der Waals surface area contributed by atoms with Crippen LogP contribution in [0, 0.1) is 13.8 Å². The van der Waals surface area contributed by atoms with E-state index in [1.165, 1.54) is 11.3 Å². The first kappa shape index (κ1) is 19.3. The van der Waals surface area contributed by atoms with Gasteiger partial charge in [0, 0.05) is 31.4 Å². The highest BCUT2D eigenvalue weighted by Gasteiger charge is 2.13. The number of aromatic nitrogens is 4. The summed E-state index contributed by atoms with van der Waals surface area (Å²) in [7, 11) is 0. The summed E-state index contributed by atoms with van der Waals surface area (Å²) in [6.45, 7) is 7.24. The summed E-state index contributed by atoms with van der Waals surface area (Å²) in [5.74, 6) is 0. The third-order valence-electron chi connectivity index (χ3n) is 3.92. The van der Waals surface area contributed by atoms with Crippen LogP contribution in [0.2, 0.25) is 5.15 Å². The lowest BCUT2D eigenvalue weighted by atomic mass is 10.2. The van der Waals surface area contributed by atoms with Crippen molar-refractivity contribution < 1.29 is 4.79 Å². The molecular formula is C18H21ClN6OS. The van der Waals surface area contributed by atoms with Crippen molar-refractivity contribution in [1.82, 2.24) is 24.8 Å². The number of carbonyl (C=O) groups excluding carboxylic acids is 1. The first-order valence-corrected chi connectivity index (χ1v) is 9.81. The van der Waals surface area contributed by atoms with Crippen LogP contribution in [0.3, 0.4) is 0 Å². The van der Waals surface area contributed by atoms with E-state index >= 15 is 0 Å². The minimum absolute atomic E-state index is 0.283. The van der Waals surface area contributed by atoms with Crippen molar-refractivity contribution in [2.24, 2.45) is 0 Å². The molecule has 0 saturated carbocycles. The van der Waals surface area contributed by atoms with E-state index in [1.807, 2.05) is 30.7 Å². The van der Waals surface area contributed by atoms with Gasteiger partial charge < -0.3 is 9.88 Å². The predicted molar refractivity (Wildman–Crippen MR) is 108 cm³/mol. The number of nitrogens with one attached hydrogen (secondary N) is 2. The molecule has 27 heavy (non-hydrogen) atoms. The Hall–Kier alpha value is -2.45. The van der Waals surface area contributed by atoms with E-state index in [0.717, 1.165) is 34.1 Å². The second kappa shape index (κ2) is 8.49. The number of rotatable bonds is 6. The molecule has 3 aromatic rings. The Morgan fingerprint density at radius 1 is 1.30 bits per heavy atom. The number of amides is 2. The number of anilines is 1. The number of thiazole rings is 1. The van der Waals surface area contributed by atoms with Crippen molar-refractivity contribution in [3.63, 3.8) is 0 Å². The number of hydrogen-bond donors (Lipinski definition) is 2. The van der Waals surface area contributed by atoms with Gasteiger partial charge in [0.15, 0.2) is 5.13 Å². The van der Waals surface area contributed by atoms with Gasteiger partial charge in [-0.25, -0.2) is 19.7 Å². The zero-order valence-electron chi connectivity index (χ0n) is 15.4. The van der Waals surface area contributed by atoms with Gasteiger partial charge in [0.25, 0.3) is 0 Å². The van der Waals surface area contributed by atoms with E-state index in [2.05, 4.69) is 32.5 Å². The van der Waals surface area contributed by atoms with Crippen molar-refractivity contribution >= 4 is 34.1 Å².